The summed E-state index contributed by atoms with van der Waals surface area (Å²) in [5, 5.41) is 10.4. The number of carbonyl (C=O) groups is 2. The van der Waals surface area contributed by atoms with E-state index in [1.807, 2.05) is 6.92 Å². The van der Waals surface area contributed by atoms with E-state index in [0.717, 1.165) is 18.4 Å². The fourth-order valence-electron chi connectivity index (χ4n) is 3.34. The molecule has 0 aromatic carbocycles. The minimum absolute atomic E-state index is 0.0732. The molecule has 3 atom stereocenters. The number of hydrogen-bond acceptors (Lipinski definition) is 4. The van der Waals surface area contributed by atoms with Crippen molar-refractivity contribution in [1.82, 2.24) is 0 Å². The first-order chi connectivity index (χ1) is 8.25. The van der Waals surface area contributed by atoms with Crippen molar-refractivity contribution >= 4 is 11.8 Å². The van der Waals surface area contributed by atoms with Gasteiger partial charge < -0.3 is 9.84 Å². The average Bonchev–Trinajstić information content (AvgIpc) is 2.20. The maximum Gasteiger partial charge on any atom is 0.302 e. The van der Waals surface area contributed by atoms with Gasteiger partial charge in [0.2, 0.25) is 0 Å². The molecule has 1 N–H and O–H groups in total. The molecule has 0 aromatic heterocycles. The van der Waals surface area contributed by atoms with Crippen molar-refractivity contribution < 1.29 is 19.4 Å². The van der Waals surface area contributed by atoms with E-state index in [2.05, 4.69) is 0 Å². The van der Waals surface area contributed by atoms with Crippen molar-refractivity contribution in [3.05, 3.63) is 11.6 Å². The Morgan fingerprint density at radius 3 is 2.72 bits per heavy atom. The highest BCUT2D eigenvalue weighted by atomic mass is 16.5. The Hall–Kier alpha value is -1.16. The second kappa shape index (κ2) is 4.19. The van der Waals surface area contributed by atoms with Crippen LogP contribution in [0.3, 0.4) is 0 Å². The lowest BCUT2D eigenvalue weighted by Crippen LogP contribution is -2.51. The summed E-state index contributed by atoms with van der Waals surface area (Å²) in [6.45, 7) is 5.07. The molecule has 4 nitrogen and oxygen atoms in total. The zero-order valence-electron chi connectivity index (χ0n) is 11.2. The van der Waals surface area contributed by atoms with Crippen LogP contribution >= 0.6 is 0 Å². The van der Waals surface area contributed by atoms with E-state index in [0.29, 0.717) is 6.42 Å². The summed E-state index contributed by atoms with van der Waals surface area (Å²) in [4.78, 5) is 22.9. The molecule has 1 fully saturated rings. The van der Waals surface area contributed by atoms with Gasteiger partial charge in [0, 0.05) is 18.8 Å². The molecular formula is C14H20O4. The Morgan fingerprint density at radius 2 is 2.11 bits per heavy atom. The SMILES string of the molecule is CC(=O)OC1CC(=O)C=C2C(C)(O)CCCC21C. The number of carbonyl (C=O) groups excluding carboxylic acids is 2. The van der Waals surface area contributed by atoms with Crippen LogP contribution in [-0.2, 0) is 14.3 Å². The van der Waals surface area contributed by atoms with E-state index in [-0.39, 0.29) is 18.2 Å². The standard InChI is InChI=1S/C14H20O4/c1-9(15)18-12-8-10(16)7-11-13(12,2)5-4-6-14(11,3)17/h7,12,17H,4-6,8H2,1-3H3. The first-order valence-electron chi connectivity index (χ1n) is 6.41. The van der Waals surface area contributed by atoms with Crippen molar-refractivity contribution in [3.63, 3.8) is 0 Å². The van der Waals surface area contributed by atoms with Crippen LogP contribution in [0.15, 0.2) is 11.6 Å². The molecule has 0 spiro atoms. The highest BCUT2D eigenvalue weighted by Crippen LogP contribution is 2.51. The second-order valence-electron chi connectivity index (χ2n) is 5.87. The lowest BCUT2D eigenvalue weighted by Gasteiger charge is -2.49. The fourth-order valence-corrected chi connectivity index (χ4v) is 3.34. The van der Waals surface area contributed by atoms with E-state index in [1.165, 1.54) is 6.92 Å². The zero-order valence-corrected chi connectivity index (χ0v) is 11.2. The lowest BCUT2D eigenvalue weighted by atomic mass is 9.59. The number of fused-ring (bicyclic) bond motifs is 1. The summed E-state index contributed by atoms with van der Waals surface area (Å²) in [6.07, 6.45) is 3.67. The predicted molar refractivity (Wildman–Crippen MR) is 65.8 cm³/mol. The maximum absolute atomic E-state index is 11.8. The molecule has 4 heteroatoms. The Morgan fingerprint density at radius 1 is 1.44 bits per heavy atom. The molecule has 18 heavy (non-hydrogen) atoms. The number of ketones is 1. The topological polar surface area (TPSA) is 63.6 Å². The van der Waals surface area contributed by atoms with Gasteiger partial charge >= 0.3 is 5.97 Å². The van der Waals surface area contributed by atoms with Crippen LogP contribution in [0.25, 0.3) is 0 Å². The Bertz CT molecular complexity index is 422. The first-order valence-corrected chi connectivity index (χ1v) is 6.41. The molecule has 0 amide bonds. The molecule has 2 aliphatic rings. The van der Waals surface area contributed by atoms with Crippen LogP contribution in [0.5, 0.6) is 0 Å². The molecule has 0 saturated heterocycles. The molecule has 0 aromatic rings. The van der Waals surface area contributed by atoms with Crippen LogP contribution in [0.2, 0.25) is 0 Å². The molecule has 0 heterocycles. The van der Waals surface area contributed by atoms with Gasteiger partial charge in [-0.15, -0.1) is 0 Å². The number of allylic oxidation sites excluding steroid dienone is 1. The Kier molecular flexibility index (Phi) is 3.09. The molecule has 2 rings (SSSR count). The zero-order chi connectivity index (χ0) is 13.6. The Labute approximate surface area is 107 Å². The van der Waals surface area contributed by atoms with Gasteiger partial charge in [-0.2, -0.15) is 0 Å². The molecular weight excluding hydrogens is 232 g/mol. The Balaban J connectivity index is 2.42. The van der Waals surface area contributed by atoms with Gasteiger partial charge in [-0.25, -0.2) is 0 Å². The van der Waals surface area contributed by atoms with Crippen LogP contribution in [0, 0.1) is 5.41 Å². The van der Waals surface area contributed by atoms with E-state index in [1.54, 1.807) is 13.0 Å². The normalized spacial score (nSPS) is 39.9. The van der Waals surface area contributed by atoms with Crippen LogP contribution in [0.4, 0.5) is 0 Å². The van der Waals surface area contributed by atoms with Gasteiger partial charge in [-0.05, 0) is 37.8 Å². The van der Waals surface area contributed by atoms with Crippen molar-refractivity contribution in [2.24, 2.45) is 5.41 Å². The number of esters is 1. The van der Waals surface area contributed by atoms with Gasteiger partial charge in [0.1, 0.15) is 6.10 Å². The van der Waals surface area contributed by atoms with Gasteiger partial charge in [0.05, 0.1) is 5.60 Å². The first kappa shape index (κ1) is 13.3. The minimum Gasteiger partial charge on any atom is -0.461 e. The summed E-state index contributed by atoms with van der Waals surface area (Å²) in [5.41, 5.74) is -0.660. The third-order valence-corrected chi connectivity index (χ3v) is 4.27. The van der Waals surface area contributed by atoms with Gasteiger partial charge in [-0.1, -0.05) is 6.92 Å². The number of hydrogen-bond donors (Lipinski definition) is 1. The predicted octanol–water partition coefficient (Wildman–Crippen LogP) is 1.76. The quantitative estimate of drug-likeness (QED) is 0.722. The van der Waals surface area contributed by atoms with Crippen LogP contribution in [-0.4, -0.2) is 28.6 Å². The van der Waals surface area contributed by atoms with Gasteiger partial charge in [-0.3, -0.25) is 9.59 Å². The number of aliphatic hydroxyl groups is 1. The molecule has 100 valence electrons. The van der Waals surface area contributed by atoms with Crippen molar-refractivity contribution in [2.45, 2.75) is 58.2 Å². The van der Waals surface area contributed by atoms with E-state index in [4.69, 9.17) is 4.74 Å². The van der Waals surface area contributed by atoms with Crippen molar-refractivity contribution in [3.8, 4) is 0 Å². The smallest absolute Gasteiger partial charge is 0.302 e. The van der Waals surface area contributed by atoms with Crippen LogP contribution < -0.4 is 0 Å². The highest BCUT2D eigenvalue weighted by Gasteiger charge is 2.51. The van der Waals surface area contributed by atoms with Crippen molar-refractivity contribution in [2.75, 3.05) is 0 Å². The van der Waals surface area contributed by atoms with E-state index < -0.39 is 17.1 Å². The largest absolute Gasteiger partial charge is 0.461 e. The molecule has 1 saturated carbocycles. The molecule has 0 radical (unpaired) electrons. The second-order valence-corrected chi connectivity index (χ2v) is 5.87. The minimum atomic E-state index is -0.971. The van der Waals surface area contributed by atoms with Gasteiger partial charge in [0.25, 0.3) is 0 Å². The molecule has 0 aliphatic heterocycles. The van der Waals surface area contributed by atoms with E-state index in [9.17, 15) is 14.7 Å². The number of rotatable bonds is 1. The third kappa shape index (κ3) is 2.09. The summed E-state index contributed by atoms with van der Waals surface area (Å²) in [5.74, 6) is -0.448. The van der Waals surface area contributed by atoms with Crippen molar-refractivity contribution in [1.29, 1.82) is 0 Å². The lowest BCUT2D eigenvalue weighted by molar-refractivity contribution is -0.156. The molecule has 3 unspecified atom stereocenters. The summed E-state index contributed by atoms with van der Waals surface area (Å²) in [7, 11) is 0. The van der Waals surface area contributed by atoms with Crippen LogP contribution in [0.1, 0.15) is 46.5 Å². The summed E-state index contributed by atoms with van der Waals surface area (Å²) in [6, 6.07) is 0. The monoisotopic (exact) mass is 252 g/mol. The summed E-state index contributed by atoms with van der Waals surface area (Å²) >= 11 is 0. The fraction of sp³-hybridized carbons (Fsp3) is 0.714. The maximum atomic E-state index is 11.8. The molecule has 2 aliphatic carbocycles. The van der Waals surface area contributed by atoms with E-state index >= 15 is 0 Å². The average molecular weight is 252 g/mol. The molecule has 0 bridgehead atoms. The third-order valence-electron chi connectivity index (χ3n) is 4.27. The summed E-state index contributed by atoms with van der Waals surface area (Å²) < 4.78 is 5.32. The highest BCUT2D eigenvalue weighted by molar-refractivity contribution is 5.93. The van der Waals surface area contributed by atoms with Gasteiger partial charge in [0.15, 0.2) is 5.78 Å². The number of ether oxygens (including phenoxy) is 1.